The maximum atomic E-state index is 5.75. The predicted octanol–water partition coefficient (Wildman–Crippen LogP) is 2.66. The van der Waals surface area contributed by atoms with Crippen LogP contribution in [0.5, 0.6) is 0 Å². The average Bonchev–Trinajstić information content (AvgIpc) is 3.32. The van der Waals surface area contributed by atoms with Crippen molar-refractivity contribution in [3.05, 3.63) is 39.3 Å². The minimum atomic E-state index is 0.251. The van der Waals surface area contributed by atoms with Crippen LogP contribution in [0.2, 0.25) is 0 Å². The molecule has 0 radical (unpaired) electrons. The third kappa shape index (κ3) is 5.62. The van der Waals surface area contributed by atoms with Gasteiger partial charge in [0.25, 0.3) is 0 Å². The monoisotopic (exact) mass is 432 g/mol. The van der Waals surface area contributed by atoms with E-state index in [1.54, 1.807) is 0 Å². The van der Waals surface area contributed by atoms with E-state index in [1.807, 2.05) is 30.1 Å². The molecule has 8 heteroatoms. The molecule has 2 N–H and O–H groups in total. The maximum absolute atomic E-state index is 5.75. The zero-order chi connectivity index (χ0) is 21.7. The Morgan fingerprint density at radius 3 is 2.83 bits per heavy atom. The van der Waals surface area contributed by atoms with Crippen LogP contribution < -0.4 is 10.6 Å². The van der Waals surface area contributed by atoms with Crippen molar-refractivity contribution in [3.63, 3.8) is 0 Å². The van der Waals surface area contributed by atoms with E-state index in [1.165, 1.54) is 16.1 Å². The number of nitrogens with one attached hydrogen (secondary N) is 2. The number of ether oxygens (including phenoxy) is 1. The zero-order valence-electron chi connectivity index (χ0n) is 19.1. The smallest absolute Gasteiger partial charge is 0.191 e. The van der Waals surface area contributed by atoms with Gasteiger partial charge in [0.1, 0.15) is 0 Å². The van der Waals surface area contributed by atoms with E-state index in [4.69, 9.17) is 4.74 Å². The molecule has 0 amide bonds. The lowest BCUT2D eigenvalue weighted by Crippen LogP contribution is -2.49. The van der Waals surface area contributed by atoms with Crippen LogP contribution in [0, 0.1) is 13.8 Å². The first kappa shape index (κ1) is 22.8. The standard InChI is InChI=1S/C22H36N6OS/c1-15(12-19-17(3)26-27(6)18(19)4)25-22(23-5)24-13-20(21-8-7-11-30-21)28-9-10-29-16(2)14-28/h7-8,11,15-16,20H,9-10,12-14H2,1-6H3,(H2,23,24,25). The van der Waals surface area contributed by atoms with E-state index in [0.29, 0.717) is 6.04 Å². The molecule has 0 spiro atoms. The van der Waals surface area contributed by atoms with Crippen LogP contribution in [-0.2, 0) is 18.2 Å². The van der Waals surface area contributed by atoms with E-state index < -0.39 is 0 Å². The first-order chi connectivity index (χ1) is 14.4. The third-order valence-electron chi connectivity index (χ3n) is 5.82. The Labute approximate surface area is 184 Å². The SMILES string of the molecule is CN=C(NCC(c1cccs1)N1CCOC(C)C1)NC(C)Cc1c(C)nn(C)c1C. The lowest BCUT2D eigenvalue weighted by Gasteiger charge is -2.37. The highest BCUT2D eigenvalue weighted by Crippen LogP contribution is 2.26. The van der Waals surface area contributed by atoms with Crippen LogP contribution in [-0.4, -0.2) is 66.1 Å². The van der Waals surface area contributed by atoms with Gasteiger partial charge in [0, 0.05) is 50.3 Å². The van der Waals surface area contributed by atoms with E-state index in [9.17, 15) is 0 Å². The number of guanidine groups is 1. The quantitative estimate of drug-likeness (QED) is 0.520. The highest BCUT2D eigenvalue weighted by Gasteiger charge is 2.26. The first-order valence-electron chi connectivity index (χ1n) is 10.7. The molecule has 0 aliphatic carbocycles. The Morgan fingerprint density at radius 2 is 2.23 bits per heavy atom. The van der Waals surface area contributed by atoms with Gasteiger partial charge in [-0.15, -0.1) is 11.3 Å². The van der Waals surface area contributed by atoms with Gasteiger partial charge < -0.3 is 15.4 Å². The van der Waals surface area contributed by atoms with Crippen LogP contribution in [0.3, 0.4) is 0 Å². The van der Waals surface area contributed by atoms with Gasteiger partial charge in [0.15, 0.2) is 5.96 Å². The fourth-order valence-corrected chi connectivity index (χ4v) is 4.97. The van der Waals surface area contributed by atoms with Crippen molar-refractivity contribution in [2.24, 2.45) is 12.0 Å². The molecule has 3 unspecified atom stereocenters. The van der Waals surface area contributed by atoms with Gasteiger partial charge in [-0.3, -0.25) is 14.6 Å². The lowest BCUT2D eigenvalue weighted by atomic mass is 10.1. The van der Waals surface area contributed by atoms with Gasteiger partial charge in [-0.1, -0.05) is 6.07 Å². The lowest BCUT2D eigenvalue weighted by molar-refractivity contribution is -0.0334. The average molecular weight is 433 g/mol. The second kappa shape index (κ2) is 10.4. The number of hydrogen-bond donors (Lipinski definition) is 2. The Balaban J connectivity index is 1.61. The van der Waals surface area contributed by atoms with Crippen LogP contribution in [0.4, 0.5) is 0 Å². The summed E-state index contributed by atoms with van der Waals surface area (Å²) in [5, 5.41) is 13.8. The summed E-state index contributed by atoms with van der Waals surface area (Å²) in [5.41, 5.74) is 3.64. The second-order valence-corrected chi connectivity index (χ2v) is 9.16. The summed E-state index contributed by atoms with van der Waals surface area (Å²) >= 11 is 1.81. The van der Waals surface area contributed by atoms with Gasteiger partial charge in [-0.25, -0.2) is 0 Å². The number of aromatic nitrogens is 2. The Bertz CT molecular complexity index is 831. The fourth-order valence-electron chi connectivity index (χ4n) is 4.11. The van der Waals surface area contributed by atoms with E-state index in [0.717, 1.165) is 44.3 Å². The molecule has 3 rings (SSSR count). The molecule has 0 saturated carbocycles. The number of aryl methyl sites for hydroxylation is 2. The molecule has 3 heterocycles. The molecule has 30 heavy (non-hydrogen) atoms. The number of nitrogens with zero attached hydrogens (tertiary/aromatic N) is 4. The third-order valence-corrected chi connectivity index (χ3v) is 6.80. The summed E-state index contributed by atoms with van der Waals surface area (Å²) in [6.07, 6.45) is 1.19. The molecule has 0 bridgehead atoms. The van der Waals surface area contributed by atoms with Gasteiger partial charge in [0.05, 0.1) is 24.4 Å². The molecular weight excluding hydrogens is 396 g/mol. The molecule has 2 aromatic heterocycles. The van der Waals surface area contributed by atoms with Gasteiger partial charge >= 0.3 is 0 Å². The summed E-state index contributed by atoms with van der Waals surface area (Å²) in [6.45, 7) is 12.1. The van der Waals surface area contributed by atoms with Crippen LogP contribution >= 0.6 is 11.3 Å². The molecule has 3 atom stereocenters. The van der Waals surface area contributed by atoms with E-state index in [2.05, 4.69) is 70.8 Å². The largest absolute Gasteiger partial charge is 0.376 e. The Kier molecular flexibility index (Phi) is 7.91. The molecule has 1 aliphatic heterocycles. The van der Waals surface area contributed by atoms with Crippen molar-refractivity contribution in [2.45, 2.75) is 52.3 Å². The van der Waals surface area contributed by atoms with Gasteiger partial charge in [-0.2, -0.15) is 5.10 Å². The number of thiophene rings is 1. The number of aliphatic imine (C=N–C) groups is 1. The van der Waals surface area contributed by atoms with Crippen molar-refractivity contribution in [2.75, 3.05) is 33.3 Å². The summed E-state index contributed by atoms with van der Waals surface area (Å²) in [7, 11) is 3.83. The van der Waals surface area contributed by atoms with Gasteiger partial charge in [0.2, 0.25) is 0 Å². The minimum absolute atomic E-state index is 0.251. The molecule has 1 fully saturated rings. The van der Waals surface area contributed by atoms with Crippen LogP contribution in [0.25, 0.3) is 0 Å². The number of rotatable bonds is 7. The van der Waals surface area contributed by atoms with Crippen LogP contribution in [0.15, 0.2) is 22.5 Å². The zero-order valence-corrected chi connectivity index (χ0v) is 19.9. The summed E-state index contributed by atoms with van der Waals surface area (Å²) < 4.78 is 7.71. The summed E-state index contributed by atoms with van der Waals surface area (Å²) in [5.74, 6) is 0.838. The highest BCUT2D eigenvalue weighted by molar-refractivity contribution is 7.10. The predicted molar refractivity (Wildman–Crippen MR) is 124 cm³/mol. The highest BCUT2D eigenvalue weighted by atomic mass is 32.1. The first-order valence-corrected chi connectivity index (χ1v) is 11.6. The van der Waals surface area contributed by atoms with Crippen molar-refractivity contribution < 1.29 is 4.74 Å². The topological polar surface area (TPSA) is 66.7 Å². The Morgan fingerprint density at radius 1 is 1.43 bits per heavy atom. The normalized spacial score (nSPS) is 20.2. The summed E-state index contributed by atoms with van der Waals surface area (Å²) in [6, 6.07) is 4.92. The fraction of sp³-hybridized carbons (Fsp3) is 0.636. The maximum Gasteiger partial charge on any atom is 0.191 e. The molecule has 0 aromatic carbocycles. The van der Waals surface area contributed by atoms with Crippen molar-refractivity contribution in [1.82, 2.24) is 25.3 Å². The Hall–Kier alpha value is -1.90. The van der Waals surface area contributed by atoms with Crippen molar-refractivity contribution >= 4 is 17.3 Å². The molecular formula is C22H36N6OS. The van der Waals surface area contributed by atoms with Crippen LogP contribution in [0.1, 0.15) is 41.7 Å². The molecule has 1 aliphatic rings. The van der Waals surface area contributed by atoms with Gasteiger partial charge in [-0.05, 0) is 51.1 Å². The van der Waals surface area contributed by atoms with Crippen molar-refractivity contribution in [1.29, 1.82) is 0 Å². The number of morpholine rings is 1. The minimum Gasteiger partial charge on any atom is -0.376 e. The molecule has 7 nitrogen and oxygen atoms in total. The van der Waals surface area contributed by atoms with E-state index in [-0.39, 0.29) is 12.1 Å². The molecule has 1 saturated heterocycles. The molecule has 166 valence electrons. The second-order valence-electron chi connectivity index (χ2n) is 8.18. The number of hydrogen-bond acceptors (Lipinski definition) is 5. The van der Waals surface area contributed by atoms with E-state index >= 15 is 0 Å². The van der Waals surface area contributed by atoms with Crippen molar-refractivity contribution in [3.8, 4) is 0 Å². The summed E-state index contributed by atoms with van der Waals surface area (Å²) in [4.78, 5) is 8.36. The molecule has 2 aromatic rings.